The van der Waals surface area contributed by atoms with E-state index in [-0.39, 0.29) is 0 Å². The van der Waals surface area contributed by atoms with E-state index in [0.717, 1.165) is 32.7 Å². The number of likely N-dealkylation sites (N-methyl/N-ethyl adjacent to an activating group) is 1. The Morgan fingerprint density at radius 3 is 3.08 bits per heavy atom. The summed E-state index contributed by atoms with van der Waals surface area (Å²) in [5, 5.41) is 3.03. The number of rotatable bonds is 7. The summed E-state index contributed by atoms with van der Waals surface area (Å²) in [5.74, 6) is 0. The molecule has 4 nitrogen and oxygen atoms in total. The Bertz CT molecular complexity index is 199. The molecule has 0 saturated heterocycles. The fourth-order valence-electron chi connectivity index (χ4n) is 1.04. The Morgan fingerprint density at radius 1 is 1.46 bits per heavy atom. The zero-order chi connectivity index (χ0) is 9.36. The average molecular weight is 183 g/mol. The third kappa shape index (κ3) is 4.65. The fourth-order valence-corrected chi connectivity index (χ4v) is 1.04. The lowest BCUT2D eigenvalue weighted by Crippen LogP contribution is -2.14. The number of nitrogens with zero attached hydrogens (tertiary/aromatic N) is 2. The van der Waals surface area contributed by atoms with Crippen LogP contribution in [0.1, 0.15) is 6.42 Å². The molecule has 1 rings (SSSR count). The van der Waals surface area contributed by atoms with E-state index >= 15 is 0 Å². The van der Waals surface area contributed by atoms with Crippen LogP contribution < -0.4 is 5.32 Å². The summed E-state index contributed by atoms with van der Waals surface area (Å²) in [5.41, 5.74) is 0. The van der Waals surface area contributed by atoms with Gasteiger partial charge in [0.05, 0.1) is 12.9 Å². The third-order valence-electron chi connectivity index (χ3n) is 1.76. The van der Waals surface area contributed by atoms with Crippen LogP contribution in [0, 0.1) is 0 Å². The molecule has 74 valence electrons. The lowest BCUT2D eigenvalue weighted by atomic mass is 10.4. The lowest BCUT2D eigenvalue weighted by molar-refractivity contribution is 0.132. The number of ether oxygens (including phenoxy) is 1. The third-order valence-corrected chi connectivity index (χ3v) is 1.76. The van der Waals surface area contributed by atoms with E-state index in [9.17, 15) is 0 Å². The molecule has 0 fully saturated rings. The van der Waals surface area contributed by atoms with Gasteiger partial charge in [-0.3, -0.25) is 0 Å². The van der Waals surface area contributed by atoms with Gasteiger partial charge in [-0.05, 0) is 13.5 Å². The molecule has 0 atom stereocenters. The second-order valence-corrected chi connectivity index (χ2v) is 2.87. The van der Waals surface area contributed by atoms with Crippen molar-refractivity contribution in [2.24, 2.45) is 0 Å². The first-order valence-corrected chi connectivity index (χ1v) is 4.61. The summed E-state index contributed by atoms with van der Waals surface area (Å²) in [6, 6.07) is 0. The first-order chi connectivity index (χ1) is 6.43. The molecular weight excluding hydrogens is 166 g/mol. The van der Waals surface area contributed by atoms with E-state index < -0.39 is 0 Å². The smallest absolute Gasteiger partial charge is 0.0945 e. The zero-order valence-corrected chi connectivity index (χ0v) is 8.07. The Labute approximate surface area is 78.9 Å². The van der Waals surface area contributed by atoms with Crippen molar-refractivity contribution in [1.29, 1.82) is 0 Å². The highest BCUT2D eigenvalue weighted by atomic mass is 16.5. The Balaban J connectivity index is 1.90. The van der Waals surface area contributed by atoms with Crippen LogP contribution in [0.3, 0.4) is 0 Å². The van der Waals surface area contributed by atoms with Gasteiger partial charge in [-0.1, -0.05) is 0 Å². The van der Waals surface area contributed by atoms with Gasteiger partial charge < -0.3 is 14.6 Å². The summed E-state index contributed by atoms with van der Waals surface area (Å²) < 4.78 is 7.43. The van der Waals surface area contributed by atoms with Gasteiger partial charge in [0.25, 0.3) is 0 Å². The Morgan fingerprint density at radius 2 is 2.38 bits per heavy atom. The standard InChI is InChI=1S/C9H17N3O/c1-10-4-8-13-7-2-5-12-6-3-11-9-12/h3,6,9-10H,2,4-5,7-8H2,1H3. The van der Waals surface area contributed by atoms with E-state index in [1.807, 2.05) is 19.6 Å². The number of aromatic nitrogens is 2. The number of imidazole rings is 1. The SMILES string of the molecule is CNCCOCCCn1ccnc1. The highest BCUT2D eigenvalue weighted by molar-refractivity contribution is 4.73. The van der Waals surface area contributed by atoms with E-state index in [1.54, 1.807) is 6.20 Å². The van der Waals surface area contributed by atoms with Crippen molar-refractivity contribution >= 4 is 0 Å². The first kappa shape index (κ1) is 10.2. The van der Waals surface area contributed by atoms with Crippen LogP contribution >= 0.6 is 0 Å². The minimum Gasteiger partial charge on any atom is -0.380 e. The van der Waals surface area contributed by atoms with Gasteiger partial charge in [-0.15, -0.1) is 0 Å². The number of hydrogen-bond donors (Lipinski definition) is 1. The van der Waals surface area contributed by atoms with Gasteiger partial charge in [-0.25, -0.2) is 4.98 Å². The van der Waals surface area contributed by atoms with Gasteiger partial charge in [0, 0.05) is 32.1 Å². The van der Waals surface area contributed by atoms with E-state index in [1.165, 1.54) is 0 Å². The summed E-state index contributed by atoms with van der Waals surface area (Å²) in [4.78, 5) is 3.96. The number of hydrogen-bond acceptors (Lipinski definition) is 3. The van der Waals surface area contributed by atoms with E-state index in [0.29, 0.717) is 0 Å². The van der Waals surface area contributed by atoms with E-state index in [2.05, 4.69) is 14.9 Å². The Kier molecular flexibility index (Phi) is 5.20. The minimum absolute atomic E-state index is 0.792. The molecule has 0 spiro atoms. The predicted octanol–water partition coefficient (Wildman–Crippen LogP) is 0.509. The fraction of sp³-hybridized carbons (Fsp3) is 0.667. The summed E-state index contributed by atoms with van der Waals surface area (Å²) in [7, 11) is 1.93. The van der Waals surface area contributed by atoms with Crippen LogP contribution in [0.2, 0.25) is 0 Å². The van der Waals surface area contributed by atoms with Gasteiger partial charge in [0.1, 0.15) is 0 Å². The van der Waals surface area contributed by atoms with Crippen LogP contribution in [-0.2, 0) is 11.3 Å². The topological polar surface area (TPSA) is 39.1 Å². The first-order valence-electron chi connectivity index (χ1n) is 4.61. The zero-order valence-electron chi connectivity index (χ0n) is 8.07. The summed E-state index contributed by atoms with van der Waals surface area (Å²) in [6.07, 6.45) is 6.63. The van der Waals surface area contributed by atoms with Crippen molar-refractivity contribution in [3.05, 3.63) is 18.7 Å². The summed E-state index contributed by atoms with van der Waals surface area (Å²) in [6.45, 7) is 3.52. The second-order valence-electron chi connectivity index (χ2n) is 2.87. The van der Waals surface area contributed by atoms with Gasteiger partial charge in [0.2, 0.25) is 0 Å². The van der Waals surface area contributed by atoms with Crippen molar-refractivity contribution < 1.29 is 4.74 Å². The van der Waals surface area contributed by atoms with Crippen molar-refractivity contribution in [2.45, 2.75) is 13.0 Å². The number of nitrogens with one attached hydrogen (secondary N) is 1. The highest BCUT2D eigenvalue weighted by Gasteiger charge is 1.90. The molecule has 0 bridgehead atoms. The normalized spacial score (nSPS) is 10.5. The molecule has 0 radical (unpaired) electrons. The van der Waals surface area contributed by atoms with E-state index in [4.69, 9.17) is 4.74 Å². The van der Waals surface area contributed by atoms with Crippen LogP contribution in [0.25, 0.3) is 0 Å². The van der Waals surface area contributed by atoms with Crippen molar-refractivity contribution in [3.8, 4) is 0 Å². The summed E-state index contributed by atoms with van der Waals surface area (Å²) >= 11 is 0. The van der Waals surface area contributed by atoms with Gasteiger partial charge in [0.15, 0.2) is 0 Å². The molecule has 0 saturated carbocycles. The van der Waals surface area contributed by atoms with Crippen LogP contribution in [0.4, 0.5) is 0 Å². The van der Waals surface area contributed by atoms with Crippen LogP contribution in [-0.4, -0.2) is 36.4 Å². The molecule has 0 amide bonds. The van der Waals surface area contributed by atoms with Crippen LogP contribution in [0.5, 0.6) is 0 Å². The monoisotopic (exact) mass is 183 g/mol. The molecule has 1 heterocycles. The van der Waals surface area contributed by atoms with Gasteiger partial charge >= 0.3 is 0 Å². The maximum Gasteiger partial charge on any atom is 0.0945 e. The van der Waals surface area contributed by atoms with Crippen molar-refractivity contribution in [2.75, 3.05) is 26.8 Å². The number of aryl methyl sites for hydroxylation is 1. The second kappa shape index (κ2) is 6.62. The van der Waals surface area contributed by atoms with Crippen LogP contribution in [0.15, 0.2) is 18.7 Å². The average Bonchev–Trinajstić information content (AvgIpc) is 2.63. The molecule has 1 aromatic rings. The Hall–Kier alpha value is -0.870. The molecule has 0 aliphatic carbocycles. The molecule has 0 aromatic carbocycles. The van der Waals surface area contributed by atoms with Crippen molar-refractivity contribution in [1.82, 2.24) is 14.9 Å². The lowest BCUT2D eigenvalue weighted by Gasteiger charge is -2.03. The molecule has 0 aliphatic heterocycles. The predicted molar refractivity (Wildman–Crippen MR) is 51.6 cm³/mol. The molecule has 1 aromatic heterocycles. The largest absolute Gasteiger partial charge is 0.380 e. The molecule has 0 unspecified atom stereocenters. The molecule has 1 N–H and O–H groups in total. The molecule has 4 heteroatoms. The molecule has 13 heavy (non-hydrogen) atoms. The van der Waals surface area contributed by atoms with Crippen molar-refractivity contribution in [3.63, 3.8) is 0 Å². The quantitative estimate of drug-likeness (QED) is 0.626. The maximum atomic E-state index is 5.38. The molecule has 0 aliphatic rings. The minimum atomic E-state index is 0.792. The highest BCUT2D eigenvalue weighted by Crippen LogP contribution is 1.90. The maximum absolute atomic E-state index is 5.38. The molecular formula is C9H17N3O. The van der Waals surface area contributed by atoms with Gasteiger partial charge in [-0.2, -0.15) is 0 Å².